The highest BCUT2D eigenvalue weighted by Gasteiger charge is 2.34. The molecule has 84 valence electrons. The molecule has 1 rings (SSSR count). The first-order valence-corrected chi connectivity index (χ1v) is 5.61. The van der Waals surface area contributed by atoms with Crippen LogP contribution in [-0.4, -0.2) is 29.7 Å². The second-order valence-corrected chi connectivity index (χ2v) is 4.65. The maximum atomic E-state index is 4.17. The highest BCUT2D eigenvalue weighted by Crippen LogP contribution is 2.31. The van der Waals surface area contributed by atoms with Gasteiger partial charge in [0.05, 0.1) is 12.1 Å². The summed E-state index contributed by atoms with van der Waals surface area (Å²) in [5.74, 6) is 0.529. The van der Waals surface area contributed by atoms with Gasteiger partial charge in [-0.3, -0.25) is 4.99 Å². The summed E-state index contributed by atoms with van der Waals surface area (Å²) in [6, 6.07) is 0.926. The van der Waals surface area contributed by atoms with E-state index in [0.29, 0.717) is 12.0 Å². The lowest BCUT2D eigenvalue weighted by molar-refractivity contribution is 0.233. The first-order valence-electron chi connectivity index (χ1n) is 5.61. The lowest BCUT2D eigenvalue weighted by Gasteiger charge is -2.34. The van der Waals surface area contributed by atoms with Crippen LogP contribution in [-0.2, 0) is 0 Å². The van der Waals surface area contributed by atoms with Crippen LogP contribution in [0.5, 0.6) is 0 Å². The van der Waals surface area contributed by atoms with Gasteiger partial charge >= 0.3 is 0 Å². The number of hydrogen-bond donors (Lipinski definition) is 0. The third kappa shape index (κ3) is 2.14. The largest absolute Gasteiger partial charge is 0.363 e. The molecule has 2 heteroatoms. The molecule has 0 aromatic carbocycles. The van der Waals surface area contributed by atoms with Crippen LogP contribution in [0.25, 0.3) is 0 Å². The highest BCUT2D eigenvalue weighted by molar-refractivity contribution is 5.32. The molecule has 15 heavy (non-hydrogen) atoms. The number of nitrogens with zero attached hydrogens (tertiary/aromatic N) is 2. The lowest BCUT2D eigenvalue weighted by atomic mass is 10.1. The fourth-order valence-corrected chi connectivity index (χ4v) is 2.24. The molecule has 0 spiro atoms. The van der Waals surface area contributed by atoms with E-state index in [9.17, 15) is 0 Å². The van der Waals surface area contributed by atoms with E-state index in [1.165, 1.54) is 5.70 Å². The van der Waals surface area contributed by atoms with E-state index >= 15 is 0 Å². The number of hydrogen-bond acceptors (Lipinski definition) is 2. The minimum Gasteiger partial charge on any atom is -0.363 e. The Bertz CT molecular complexity index is 276. The van der Waals surface area contributed by atoms with Gasteiger partial charge < -0.3 is 4.90 Å². The molecule has 0 radical (unpaired) electrons. The summed E-state index contributed by atoms with van der Waals surface area (Å²) in [7, 11) is 0. The van der Waals surface area contributed by atoms with Gasteiger partial charge in [0.1, 0.15) is 0 Å². The lowest BCUT2D eigenvalue weighted by Crippen LogP contribution is -2.39. The van der Waals surface area contributed by atoms with Gasteiger partial charge in [0.15, 0.2) is 0 Å². The van der Waals surface area contributed by atoms with E-state index in [-0.39, 0.29) is 12.1 Å². The molecular weight excluding hydrogens is 184 g/mol. The second kappa shape index (κ2) is 4.65. The molecule has 1 aliphatic heterocycles. The van der Waals surface area contributed by atoms with Crippen molar-refractivity contribution in [3.8, 4) is 0 Å². The van der Waals surface area contributed by atoms with Gasteiger partial charge in [-0.25, -0.2) is 0 Å². The molecule has 0 aromatic heterocycles. The summed E-state index contributed by atoms with van der Waals surface area (Å²) in [6.45, 7) is 16.4. The predicted molar refractivity (Wildman–Crippen MR) is 67.2 cm³/mol. The Balaban J connectivity index is 3.03. The van der Waals surface area contributed by atoms with Gasteiger partial charge in [0.25, 0.3) is 0 Å². The molecule has 0 aliphatic carbocycles. The van der Waals surface area contributed by atoms with E-state index in [2.05, 4.69) is 57.0 Å². The minimum atomic E-state index is 0.169. The average molecular weight is 206 g/mol. The topological polar surface area (TPSA) is 15.6 Å². The molecule has 1 heterocycles. The van der Waals surface area contributed by atoms with Crippen LogP contribution in [0.15, 0.2) is 29.4 Å². The molecule has 2 nitrogen and oxygen atoms in total. The molecule has 2 atom stereocenters. The number of allylic oxidation sites excluding steroid dienone is 1. The van der Waals surface area contributed by atoms with Gasteiger partial charge in [0, 0.05) is 11.7 Å². The van der Waals surface area contributed by atoms with Crippen LogP contribution in [0.2, 0.25) is 0 Å². The zero-order valence-electron chi connectivity index (χ0n) is 10.3. The third-order valence-corrected chi connectivity index (χ3v) is 2.91. The van der Waals surface area contributed by atoms with Gasteiger partial charge in [-0.15, -0.1) is 6.58 Å². The molecule has 0 fully saturated rings. The van der Waals surface area contributed by atoms with Crippen LogP contribution in [0, 0.1) is 5.92 Å². The Labute approximate surface area is 93.4 Å². The molecular formula is C13H22N2. The van der Waals surface area contributed by atoms with Crippen LogP contribution in [0.3, 0.4) is 0 Å². The van der Waals surface area contributed by atoms with E-state index in [1.807, 2.05) is 6.08 Å². The summed E-state index contributed by atoms with van der Waals surface area (Å²) in [6.07, 6.45) is 4.20. The molecule has 0 saturated heterocycles. The normalized spacial score (nSPS) is 26.0. The SMILES string of the molecule is C=CC1C(N=C)C=C(C(C)C)N1C(C)C. The maximum Gasteiger partial charge on any atom is 0.0931 e. The molecule has 0 N–H and O–H groups in total. The predicted octanol–water partition coefficient (Wildman–Crippen LogP) is 2.87. The quantitative estimate of drug-likeness (QED) is 0.510. The van der Waals surface area contributed by atoms with Crippen molar-refractivity contribution in [2.24, 2.45) is 10.9 Å². The summed E-state index contributed by atoms with van der Waals surface area (Å²) in [5.41, 5.74) is 1.37. The van der Waals surface area contributed by atoms with Crippen molar-refractivity contribution in [1.82, 2.24) is 4.90 Å². The Morgan fingerprint density at radius 2 is 2.00 bits per heavy atom. The summed E-state index contributed by atoms with van der Waals surface area (Å²) >= 11 is 0. The maximum absolute atomic E-state index is 4.17. The van der Waals surface area contributed by atoms with E-state index in [4.69, 9.17) is 0 Å². The Kier molecular flexibility index (Phi) is 3.72. The number of aliphatic imine (C=N–C) groups is 1. The first kappa shape index (κ1) is 12.0. The van der Waals surface area contributed by atoms with Gasteiger partial charge in [-0.1, -0.05) is 19.9 Å². The fraction of sp³-hybridized carbons (Fsp3) is 0.615. The van der Waals surface area contributed by atoms with Crippen molar-refractivity contribution < 1.29 is 0 Å². The van der Waals surface area contributed by atoms with Crippen molar-refractivity contribution in [3.05, 3.63) is 24.4 Å². The van der Waals surface area contributed by atoms with Crippen LogP contribution in [0.1, 0.15) is 27.7 Å². The monoisotopic (exact) mass is 206 g/mol. The first-order chi connectivity index (χ1) is 7.02. The summed E-state index contributed by atoms with van der Waals surface area (Å²) < 4.78 is 0. The molecule has 0 bridgehead atoms. The van der Waals surface area contributed by atoms with E-state index < -0.39 is 0 Å². The molecule has 0 amide bonds. The fourth-order valence-electron chi connectivity index (χ4n) is 2.24. The van der Waals surface area contributed by atoms with Crippen LogP contribution >= 0.6 is 0 Å². The Morgan fingerprint density at radius 1 is 1.40 bits per heavy atom. The van der Waals surface area contributed by atoms with Crippen molar-refractivity contribution in [2.75, 3.05) is 0 Å². The Morgan fingerprint density at radius 3 is 2.33 bits per heavy atom. The highest BCUT2D eigenvalue weighted by atomic mass is 15.2. The third-order valence-electron chi connectivity index (χ3n) is 2.91. The molecule has 0 aromatic rings. The van der Waals surface area contributed by atoms with Gasteiger partial charge in [0.2, 0.25) is 0 Å². The Hall–Kier alpha value is -1.05. The number of rotatable bonds is 4. The van der Waals surface area contributed by atoms with Gasteiger partial charge in [-0.05, 0) is 32.6 Å². The van der Waals surface area contributed by atoms with Crippen molar-refractivity contribution in [2.45, 2.75) is 45.8 Å². The van der Waals surface area contributed by atoms with Crippen LogP contribution < -0.4 is 0 Å². The van der Waals surface area contributed by atoms with Crippen molar-refractivity contribution in [3.63, 3.8) is 0 Å². The van der Waals surface area contributed by atoms with Crippen LogP contribution in [0.4, 0.5) is 0 Å². The minimum absolute atomic E-state index is 0.169. The van der Waals surface area contributed by atoms with E-state index in [1.54, 1.807) is 0 Å². The zero-order valence-corrected chi connectivity index (χ0v) is 10.3. The average Bonchev–Trinajstić information content (AvgIpc) is 2.55. The second-order valence-electron chi connectivity index (χ2n) is 4.65. The van der Waals surface area contributed by atoms with Crippen molar-refractivity contribution >= 4 is 6.72 Å². The van der Waals surface area contributed by atoms with Crippen molar-refractivity contribution in [1.29, 1.82) is 0 Å². The molecule has 1 aliphatic rings. The summed E-state index contributed by atoms with van der Waals surface area (Å²) in [5, 5.41) is 0. The van der Waals surface area contributed by atoms with E-state index in [0.717, 1.165) is 0 Å². The zero-order chi connectivity index (χ0) is 11.6. The standard InChI is InChI=1S/C13H22N2/c1-7-12-11(14-6)8-13(9(2)3)15(12)10(4)5/h7-12H,1,6H2,2-5H3. The van der Waals surface area contributed by atoms with Gasteiger partial charge in [-0.2, -0.15) is 0 Å². The smallest absolute Gasteiger partial charge is 0.0931 e. The molecule has 0 saturated carbocycles. The summed E-state index contributed by atoms with van der Waals surface area (Å²) in [4.78, 5) is 6.57. The molecule has 2 unspecified atom stereocenters.